The second-order valence-corrected chi connectivity index (χ2v) is 6.00. The van der Waals surface area contributed by atoms with Crippen molar-refractivity contribution >= 4 is 25.0 Å². The van der Waals surface area contributed by atoms with Gasteiger partial charge in [-0.25, -0.2) is 0 Å². The van der Waals surface area contributed by atoms with Crippen LogP contribution in [0, 0.1) is 0 Å². The van der Waals surface area contributed by atoms with Gasteiger partial charge in [0.15, 0.2) is 0 Å². The van der Waals surface area contributed by atoms with Crippen LogP contribution in [0.15, 0.2) is 30.8 Å². The number of rotatable bonds is 3. The summed E-state index contributed by atoms with van der Waals surface area (Å²) in [6.45, 7) is 12.2. The molecule has 0 saturated carbocycles. The van der Waals surface area contributed by atoms with Crippen LogP contribution in [-0.4, -0.2) is 18.8 Å². The van der Waals surface area contributed by atoms with Gasteiger partial charge in [0.25, 0.3) is 0 Å². The maximum atomic E-state index is 6.27. The maximum Gasteiger partial charge on any atom is 0.102 e. The molecule has 1 nitrogen and oxygen atoms in total. The Labute approximate surface area is 111 Å². The summed E-state index contributed by atoms with van der Waals surface area (Å²) in [5.74, 6) is 0. The summed E-state index contributed by atoms with van der Waals surface area (Å²) in [7, 11) is 6.27. The van der Waals surface area contributed by atoms with Gasteiger partial charge in [-0.3, -0.25) is 0 Å². The molecule has 1 atom stereocenters. The first-order chi connectivity index (χ1) is 7.62. The van der Waals surface area contributed by atoms with Crippen LogP contribution in [0.2, 0.25) is 5.02 Å². The van der Waals surface area contributed by atoms with Crippen molar-refractivity contribution in [3.8, 4) is 0 Å². The van der Waals surface area contributed by atoms with Crippen molar-refractivity contribution in [1.82, 2.24) is 5.32 Å². The van der Waals surface area contributed by atoms with Crippen LogP contribution in [0.25, 0.3) is 5.57 Å². The summed E-state index contributed by atoms with van der Waals surface area (Å²) >= 11 is 5.97. The minimum absolute atomic E-state index is 0.0784. The Hall–Kier alpha value is -0.725. The SMILES string of the molecule is [B][C@@](C)(NC(C)(C)C)C(=C)c1cccc(Cl)c1. The molecule has 0 heterocycles. The lowest BCUT2D eigenvalue weighted by Crippen LogP contribution is -2.53. The Morgan fingerprint density at radius 2 is 1.88 bits per heavy atom. The van der Waals surface area contributed by atoms with Gasteiger partial charge < -0.3 is 5.32 Å². The van der Waals surface area contributed by atoms with Gasteiger partial charge in [0.1, 0.15) is 7.85 Å². The highest BCUT2D eigenvalue weighted by atomic mass is 35.5. The molecule has 0 fully saturated rings. The maximum absolute atomic E-state index is 6.27. The van der Waals surface area contributed by atoms with Crippen LogP contribution in [0.4, 0.5) is 0 Å². The molecule has 1 N–H and O–H groups in total. The molecule has 0 spiro atoms. The van der Waals surface area contributed by atoms with E-state index in [0.29, 0.717) is 5.02 Å². The smallest absolute Gasteiger partial charge is 0.102 e. The monoisotopic (exact) mass is 247 g/mol. The standard InChI is InChI=1S/C14H19BClN/c1-10(11-7-6-8-12(16)9-11)14(5,15)17-13(2,3)4/h6-9,17H,1H2,2-5H3/t14-/m0/s1. The van der Waals surface area contributed by atoms with E-state index in [4.69, 9.17) is 19.4 Å². The van der Waals surface area contributed by atoms with Crippen LogP contribution in [0.5, 0.6) is 0 Å². The Kier molecular flexibility index (Phi) is 4.11. The average molecular weight is 248 g/mol. The summed E-state index contributed by atoms with van der Waals surface area (Å²) < 4.78 is 0. The first-order valence-corrected chi connectivity index (χ1v) is 6.03. The van der Waals surface area contributed by atoms with Gasteiger partial charge >= 0.3 is 0 Å². The molecule has 0 unspecified atom stereocenters. The highest BCUT2D eigenvalue weighted by Crippen LogP contribution is 2.26. The minimum atomic E-state index is -0.664. The van der Waals surface area contributed by atoms with E-state index in [1.54, 1.807) is 0 Å². The lowest BCUT2D eigenvalue weighted by molar-refractivity contribution is 0.385. The van der Waals surface area contributed by atoms with E-state index in [0.717, 1.165) is 11.1 Å². The summed E-state index contributed by atoms with van der Waals surface area (Å²) in [5.41, 5.74) is 1.04. The number of benzene rings is 1. The molecular weight excluding hydrogens is 228 g/mol. The third kappa shape index (κ3) is 4.21. The van der Waals surface area contributed by atoms with E-state index in [2.05, 4.69) is 32.7 Å². The number of hydrogen-bond acceptors (Lipinski definition) is 1. The minimum Gasteiger partial charge on any atom is -0.311 e. The fourth-order valence-corrected chi connectivity index (χ4v) is 2.02. The van der Waals surface area contributed by atoms with Gasteiger partial charge in [0.2, 0.25) is 0 Å². The zero-order valence-corrected chi connectivity index (χ0v) is 11.7. The average Bonchev–Trinajstić information content (AvgIpc) is 2.12. The highest BCUT2D eigenvalue weighted by molar-refractivity contribution is 6.31. The molecule has 17 heavy (non-hydrogen) atoms. The molecule has 2 radical (unpaired) electrons. The van der Waals surface area contributed by atoms with Gasteiger partial charge in [0.05, 0.1) is 0 Å². The lowest BCUT2D eigenvalue weighted by Gasteiger charge is -2.37. The van der Waals surface area contributed by atoms with E-state index in [9.17, 15) is 0 Å². The van der Waals surface area contributed by atoms with Gasteiger partial charge in [-0.05, 0) is 44.0 Å². The molecule has 0 amide bonds. The Balaban J connectivity index is 2.96. The summed E-state index contributed by atoms with van der Waals surface area (Å²) in [5, 5.41) is 4.04. The first-order valence-electron chi connectivity index (χ1n) is 5.65. The van der Waals surface area contributed by atoms with Crippen LogP contribution >= 0.6 is 11.6 Å². The molecule has 1 aromatic rings. The molecule has 3 heteroatoms. The van der Waals surface area contributed by atoms with Gasteiger partial charge in [-0.15, -0.1) is 0 Å². The van der Waals surface area contributed by atoms with Gasteiger partial charge in [-0.1, -0.05) is 37.2 Å². The Morgan fingerprint density at radius 1 is 1.29 bits per heavy atom. The molecule has 0 saturated heterocycles. The van der Waals surface area contributed by atoms with E-state index in [1.807, 2.05) is 31.2 Å². The summed E-state index contributed by atoms with van der Waals surface area (Å²) in [6.07, 6.45) is 0. The predicted octanol–water partition coefficient (Wildman–Crippen LogP) is 3.63. The van der Waals surface area contributed by atoms with Gasteiger partial charge in [-0.2, -0.15) is 0 Å². The zero-order chi connectivity index (χ0) is 13.3. The molecule has 0 bridgehead atoms. The Morgan fingerprint density at radius 3 is 2.35 bits per heavy atom. The van der Waals surface area contributed by atoms with Gasteiger partial charge in [0, 0.05) is 16.0 Å². The van der Waals surface area contributed by atoms with E-state index in [-0.39, 0.29) is 5.54 Å². The largest absolute Gasteiger partial charge is 0.311 e. The lowest BCUT2D eigenvalue weighted by atomic mass is 9.70. The second kappa shape index (κ2) is 4.87. The molecule has 0 aliphatic carbocycles. The molecule has 90 valence electrons. The number of nitrogens with one attached hydrogen (secondary N) is 1. The fraction of sp³-hybridized carbons (Fsp3) is 0.429. The topological polar surface area (TPSA) is 12.0 Å². The van der Waals surface area contributed by atoms with Crippen molar-refractivity contribution in [3.63, 3.8) is 0 Å². The molecule has 1 aromatic carbocycles. The van der Waals surface area contributed by atoms with Crippen LogP contribution in [0.1, 0.15) is 33.3 Å². The van der Waals surface area contributed by atoms with Crippen LogP contribution in [0.3, 0.4) is 0 Å². The predicted molar refractivity (Wildman–Crippen MR) is 77.5 cm³/mol. The third-order valence-electron chi connectivity index (χ3n) is 2.43. The van der Waals surface area contributed by atoms with E-state index >= 15 is 0 Å². The summed E-state index contributed by atoms with van der Waals surface area (Å²) in [6, 6.07) is 7.57. The van der Waals surface area contributed by atoms with Crippen molar-refractivity contribution in [2.45, 2.75) is 38.7 Å². The first kappa shape index (κ1) is 14.3. The third-order valence-corrected chi connectivity index (χ3v) is 2.67. The van der Waals surface area contributed by atoms with Crippen molar-refractivity contribution in [2.24, 2.45) is 0 Å². The van der Waals surface area contributed by atoms with E-state index in [1.165, 1.54) is 0 Å². The normalized spacial score (nSPS) is 15.4. The molecule has 0 aromatic heterocycles. The molecule has 0 aliphatic heterocycles. The van der Waals surface area contributed by atoms with E-state index < -0.39 is 5.44 Å². The van der Waals surface area contributed by atoms with Crippen molar-refractivity contribution in [2.75, 3.05) is 0 Å². The Bertz CT molecular complexity index is 418. The highest BCUT2D eigenvalue weighted by Gasteiger charge is 2.26. The van der Waals surface area contributed by atoms with Crippen LogP contribution < -0.4 is 5.32 Å². The van der Waals surface area contributed by atoms with Crippen molar-refractivity contribution in [3.05, 3.63) is 41.4 Å². The summed E-state index contributed by atoms with van der Waals surface area (Å²) in [4.78, 5) is 0. The second-order valence-electron chi connectivity index (χ2n) is 5.57. The fourth-order valence-electron chi connectivity index (χ4n) is 1.83. The number of halogens is 1. The van der Waals surface area contributed by atoms with Crippen molar-refractivity contribution < 1.29 is 0 Å². The molecule has 1 rings (SSSR count). The number of hydrogen-bond donors (Lipinski definition) is 1. The molecule has 0 aliphatic rings. The molecular formula is C14H19BClN. The van der Waals surface area contributed by atoms with Crippen molar-refractivity contribution in [1.29, 1.82) is 0 Å². The van der Waals surface area contributed by atoms with Crippen LogP contribution in [-0.2, 0) is 0 Å². The zero-order valence-electron chi connectivity index (χ0n) is 11.0. The quantitative estimate of drug-likeness (QED) is 0.805.